The lowest BCUT2D eigenvalue weighted by Gasteiger charge is -2.23. The lowest BCUT2D eigenvalue weighted by atomic mass is 9.99. The minimum absolute atomic E-state index is 0. The summed E-state index contributed by atoms with van der Waals surface area (Å²) in [6.07, 6.45) is 17.4. The zero-order valence-corrected chi connectivity index (χ0v) is 27.1. The molecule has 9 heteroatoms. The predicted molar refractivity (Wildman–Crippen MR) is 167 cm³/mol. The van der Waals surface area contributed by atoms with Crippen LogP contribution in [0, 0.1) is 0 Å². The Morgan fingerprint density at radius 1 is 0.512 bits per heavy atom. The lowest BCUT2D eigenvalue weighted by molar-refractivity contribution is 0.0702. The van der Waals surface area contributed by atoms with Gasteiger partial charge in [0.2, 0.25) is 0 Å². The van der Waals surface area contributed by atoms with E-state index in [9.17, 15) is 30.5 Å². The number of unbranched alkanes of at least 4 members (excludes halogenated alkanes) is 22. The Labute approximate surface area is 250 Å². The van der Waals surface area contributed by atoms with E-state index in [2.05, 4.69) is 6.92 Å². The van der Waals surface area contributed by atoms with Gasteiger partial charge in [-0.1, -0.05) is 155 Å². The molecule has 0 aromatic rings. The summed E-state index contributed by atoms with van der Waals surface area (Å²) in [5, 5.41) is -1.93. The summed E-state index contributed by atoms with van der Waals surface area (Å²) in [6, 6.07) is 0. The first-order chi connectivity index (χ1) is 19.3. The van der Waals surface area contributed by atoms with Crippen LogP contribution in [0.2, 0.25) is 0 Å². The third kappa shape index (κ3) is 25.8. The highest BCUT2D eigenvalue weighted by molar-refractivity contribution is 7.86. The summed E-state index contributed by atoms with van der Waals surface area (Å²) < 4.78 is 88.2. The minimum Gasteiger partial charge on any atom is -0.344 e. The number of hydrogen-bond donors (Lipinski definition) is 2. The highest BCUT2D eigenvalue weighted by Gasteiger charge is 2.41. The van der Waals surface area contributed by atoms with Crippen LogP contribution in [0.5, 0.6) is 0 Å². The molecule has 0 aliphatic rings. The lowest BCUT2D eigenvalue weighted by Crippen LogP contribution is -2.41. The maximum atomic E-state index is 14.7. The van der Waals surface area contributed by atoms with Crippen molar-refractivity contribution in [2.45, 2.75) is 198 Å². The van der Waals surface area contributed by atoms with E-state index < -0.39 is 33.9 Å². The number of rotatable bonds is 31. The van der Waals surface area contributed by atoms with E-state index in [0.717, 1.165) is 38.5 Å². The Bertz CT molecular complexity index is 642. The van der Waals surface area contributed by atoms with Crippen molar-refractivity contribution >= 4 is 10.1 Å². The van der Waals surface area contributed by atoms with Crippen molar-refractivity contribution < 1.29 is 30.5 Å². The zero-order valence-electron chi connectivity index (χ0n) is 26.3. The van der Waals surface area contributed by atoms with E-state index >= 15 is 0 Å². The van der Waals surface area contributed by atoms with Gasteiger partial charge in [-0.05, 0) is 19.3 Å². The van der Waals surface area contributed by atoms with Crippen molar-refractivity contribution in [2.24, 2.45) is 0 Å². The van der Waals surface area contributed by atoms with Gasteiger partial charge >= 0.3 is 0 Å². The van der Waals surface area contributed by atoms with Crippen molar-refractivity contribution in [3.63, 3.8) is 0 Å². The second kappa shape index (κ2) is 29.7. The molecule has 0 heterocycles. The molecule has 0 aliphatic carbocycles. The van der Waals surface area contributed by atoms with Gasteiger partial charge in [0.25, 0.3) is 10.1 Å². The van der Waals surface area contributed by atoms with Crippen LogP contribution < -0.4 is 6.15 Å². The van der Waals surface area contributed by atoms with Crippen LogP contribution in [0.25, 0.3) is 0 Å². The first-order valence-corrected chi connectivity index (χ1v) is 18.2. The average Bonchev–Trinajstić information content (AvgIpc) is 2.92. The van der Waals surface area contributed by atoms with E-state index in [1.54, 1.807) is 0 Å². The van der Waals surface area contributed by atoms with Crippen LogP contribution in [0.4, 0.5) is 17.6 Å². The molecule has 0 radical (unpaired) electrons. The van der Waals surface area contributed by atoms with Crippen molar-refractivity contribution in [1.82, 2.24) is 6.15 Å². The fraction of sp³-hybridized carbons (Fsp3) is 1.00. The molecule has 4 atom stereocenters. The van der Waals surface area contributed by atoms with E-state index in [4.69, 9.17) is 0 Å². The first-order valence-electron chi connectivity index (χ1n) is 16.7. The molecular weight excluding hydrogens is 554 g/mol. The molecule has 41 heavy (non-hydrogen) atoms. The molecule has 0 saturated carbocycles. The normalized spacial score (nSPS) is 14.9. The Morgan fingerprint density at radius 2 is 0.829 bits per heavy atom. The van der Waals surface area contributed by atoms with E-state index in [-0.39, 0.29) is 25.7 Å². The summed E-state index contributed by atoms with van der Waals surface area (Å²) in [5.74, 6) is 0. The highest BCUT2D eigenvalue weighted by atomic mass is 32.2. The molecule has 0 bridgehead atoms. The third-order valence-electron chi connectivity index (χ3n) is 8.09. The van der Waals surface area contributed by atoms with Crippen molar-refractivity contribution in [3.05, 3.63) is 0 Å². The molecule has 0 saturated heterocycles. The molecule has 0 fully saturated rings. The van der Waals surface area contributed by atoms with E-state index in [1.165, 1.54) is 83.5 Å². The molecule has 0 spiro atoms. The SMILES string of the molecule is CCCCCCCCCCCCCCCCCCCCC(C(F)C(F)C(F)CCCCCCCCF)S(=O)(=O)O.N. The van der Waals surface area contributed by atoms with Crippen LogP contribution in [-0.4, -0.2) is 43.4 Å². The summed E-state index contributed by atoms with van der Waals surface area (Å²) in [4.78, 5) is 0. The molecule has 0 amide bonds. The maximum Gasteiger partial charge on any atom is 0.270 e. The molecule has 0 aromatic heterocycles. The molecule has 0 aromatic carbocycles. The third-order valence-corrected chi connectivity index (χ3v) is 9.35. The van der Waals surface area contributed by atoms with Gasteiger partial charge in [-0.25, -0.2) is 13.2 Å². The van der Waals surface area contributed by atoms with Gasteiger partial charge in [-0.15, -0.1) is 0 Å². The number of hydrogen-bond acceptors (Lipinski definition) is 3. The van der Waals surface area contributed by atoms with Crippen LogP contribution in [0.1, 0.15) is 174 Å². The minimum atomic E-state index is -4.82. The zero-order chi connectivity index (χ0) is 29.9. The summed E-state index contributed by atoms with van der Waals surface area (Å²) >= 11 is 0. The molecular formula is C32H65F4NO3S. The van der Waals surface area contributed by atoms with Gasteiger partial charge in [0, 0.05) is 0 Å². The molecule has 4 N–H and O–H groups in total. The van der Waals surface area contributed by atoms with Gasteiger partial charge in [0.1, 0.15) is 11.4 Å². The quantitative estimate of drug-likeness (QED) is 0.0459. The van der Waals surface area contributed by atoms with E-state index in [1.807, 2.05) is 0 Å². The summed E-state index contributed by atoms with van der Waals surface area (Å²) in [7, 11) is -4.82. The monoisotopic (exact) mass is 619 g/mol. The van der Waals surface area contributed by atoms with Gasteiger partial charge in [-0.3, -0.25) is 8.94 Å². The van der Waals surface area contributed by atoms with E-state index in [0.29, 0.717) is 32.1 Å². The Balaban J connectivity index is 0. The van der Waals surface area contributed by atoms with Crippen LogP contribution in [-0.2, 0) is 10.1 Å². The number of halogens is 4. The fourth-order valence-electron chi connectivity index (χ4n) is 5.42. The van der Waals surface area contributed by atoms with Crippen LogP contribution in [0.15, 0.2) is 0 Å². The molecule has 0 rings (SSSR count). The van der Waals surface area contributed by atoms with Gasteiger partial charge in [0.05, 0.1) is 6.67 Å². The van der Waals surface area contributed by atoms with Crippen molar-refractivity contribution in [1.29, 1.82) is 0 Å². The van der Waals surface area contributed by atoms with Crippen molar-refractivity contribution in [3.8, 4) is 0 Å². The van der Waals surface area contributed by atoms with Crippen LogP contribution in [0.3, 0.4) is 0 Å². The van der Waals surface area contributed by atoms with Gasteiger partial charge in [-0.2, -0.15) is 8.42 Å². The van der Waals surface area contributed by atoms with Gasteiger partial charge in [0.15, 0.2) is 12.3 Å². The Kier molecular flexibility index (Phi) is 30.9. The Hall–Kier alpha value is -0.410. The second-order valence-electron chi connectivity index (χ2n) is 11.9. The largest absolute Gasteiger partial charge is 0.344 e. The fourth-order valence-corrected chi connectivity index (χ4v) is 6.37. The molecule has 0 aliphatic heterocycles. The van der Waals surface area contributed by atoms with Crippen LogP contribution >= 0.6 is 0 Å². The molecule has 250 valence electrons. The predicted octanol–water partition coefficient (Wildman–Crippen LogP) is 11.6. The molecule has 4 nitrogen and oxygen atoms in total. The first kappa shape index (κ1) is 42.7. The summed E-state index contributed by atoms with van der Waals surface area (Å²) in [5.41, 5.74) is 0. The standard InChI is InChI=1S/C32H62F4O3S.H3N/c1-2-3-4-5-6-7-8-9-10-11-12-13-14-15-16-17-21-24-27-30(40(37,38)39)32(36)31(35)29(34)26-23-20-18-19-22-25-28-33;/h29-32H,2-28H2,1H3,(H,37,38,39);1H3. The van der Waals surface area contributed by atoms with Crippen molar-refractivity contribution in [2.75, 3.05) is 6.67 Å². The topological polar surface area (TPSA) is 89.4 Å². The average molecular weight is 620 g/mol. The Morgan fingerprint density at radius 3 is 1.17 bits per heavy atom. The van der Waals surface area contributed by atoms with Gasteiger partial charge < -0.3 is 6.15 Å². The maximum absolute atomic E-state index is 14.7. The smallest absolute Gasteiger partial charge is 0.270 e. The summed E-state index contributed by atoms with van der Waals surface area (Å²) in [6.45, 7) is 1.89. The second-order valence-corrected chi connectivity index (χ2v) is 13.5. The molecule has 4 unspecified atom stereocenters. The number of alkyl halides is 4. The highest BCUT2D eigenvalue weighted by Crippen LogP contribution is 2.26.